The minimum absolute atomic E-state index is 0.633. The number of aromatic nitrogens is 2. The van der Waals surface area contributed by atoms with Crippen LogP contribution < -0.4 is 5.32 Å². The smallest absolute Gasteiger partial charge is 0.152 e. The molecule has 0 radical (unpaired) electrons. The van der Waals surface area contributed by atoms with Crippen molar-refractivity contribution in [3.63, 3.8) is 0 Å². The summed E-state index contributed by atoms with van der Waals surface area (Å²) in [5, 5.41) is 11.0. The molecule has 1 aromatic carbocycles. The highest BCUT2D eigenvalue weighted by molar-refractivity contribution is 5.56. The molecule has 3 rings (SSSR count). The lowest BCUT2D eigenvalue weighted by Gasteiger charge is -2.11. The highest BCUT2D eigenvalue weighted by atomic mass is 15.2. The second-order valence-electron chi connectivity index (χ2n) is 7.40. The molecule has 0 bridgehead atoms. The molecule has 0 spiro atoms. The monoisotopic (exact) mass is 335 g/mol. The van der Waals surface area contributed by atoms with E-state index in [-0.39, 0.29) is 0 Å². The van der Waals surface area contributed by atoms with E-state index in [0.29, 0.717) is 5.92 Å². The molecule has 1 fully saturated rings. The van der Waals surface area contributed by atoms with Gasteiger partial charge in [0.25, 0.3) is 0 Å². The molecule has 1 aliphatic rings. The van der Waals surface area contributed by atoms with E-state index in [4.69, 9.17) is 0 Å². The summed E-state index contributed by atoms with van der Waals surface area (Å²) in [6.07, 6.45) is 7.63. The van der Waals surface area contributed by atoms with E-state index >= 15 is 0 Å². The van der Waals surface area contributed by atoms with Crippen molar-refractivity contribution in [1.29, 1.82) is 0 Å². The summed E-state index contributed by atoms with van der Waals surface area (Å²) in [5.41, 5.74) is 6.09. The van der Waals surface area contributed by atoms with Crippen molar-refractivity contribution in [3.05, 3.63) is 65.5 Å². The number of aryl methyl sites for hydroxylation is 2. The van der Waals surface area contributed by atoms with Crippen molar-refractivity contribution in [2.24, 2.45) is 5.92 Å². The van der Waals surface area contributed by atoms with E-state index in [1.165, 1.54) is 41.6 Å². The first kappa shape index (κ1) is 17.5. The summed E-state index contributed by atoms with van der Waals surface area (Å²) >= 11 is 0. The first-order valence-corrected chi connectivity index (χ1v) is 9.28. The van der Waals surface area contributed by atoms with Crippen LogP contribution in [-0.2, 0) is 6.42 Å². The standard InChI is InChI=1S/C22H29N3/c1-5-20-16(3)7-6-8-18(20)12-10-17(4)23-22-14-21(24-25-22)19-11-9-15(2)13-19/h5-8,14-15,19H,1,4,9-13H2,2-3H3,(H2,23,24,25). The van der Waals surface area contributed by atoms with E-state index in [9.17, 15) is 0 Å². The summed E-state index contributed by atoms with van der Waals surface area (Å²) in [7, 11) is 0. The molecule has 132 valence electrons. The van der Waals surface area contributed by atoms with E-state index in [0.717, 1.165) is 30.3 Å². The number of nitrogens with zero attached hydrogens (tertiary/aromatic N) is 1. The van der Waals surface area contributed by atoms with Gasteiger partial charge in [-0.15, -0.1) is 0 Å². The van der Waals surface area contributed by atoms with Gasteiger partial charge in [-0.2, -0.15) is 5.10 Å². The fourth-order valence-electron chi connectivity index (χ4n) is 3.88. The van der Waals surface area contributed by atoms with E-state index in [1.807, 2.05) is 6.08 Å². The van der Waals surface area contributed by atoms with Crippen LogP contribution in [-0.4, -0.2) is 10.2 Å². The Morgan fingerprint density at radius 3 is 2.96 bits per heavy atom. The normalized spacial score (nSPS) is 19.8. The lowest BCUT2D eigenvalue weighted by Crippen LogP contribution is -2.01. The van der Waals surface area contributed by atoms with Gasteiger partial charge in [0.15, 0.2) is 5.82 Å². The fraction of sp³-hybridized carbons (Fsp3) is 0.409. The summed E-state index contributed by atoms with van der Waals surface area (Å²) in [4.78, 5) is 0. The highest BCUT2D eigenvalue weighted by Crippen LogP contribution is 2.37. The molecular formula is C22H29N3. The molecule has 0 amide bonds. The van der Waals surface area contributed by atoms with Crippen LogP contribution in [0.4, 0.5) is 5.82 Å². The molecule has 2 unspecified atom stereocenters. The second kappa shape index (κ2) is 7.73. The number of hydrogen-bond acceptors (Lipinski definition) is 2. The van der Waals surface area contributed by atoms with Crippen LogP contribution in [0.25, 0.3) is 6.08 Å². The van der Waals surface area contributed by atoms with Crippen LogP contribution in [0.1, 0.15) is 60.9 Å². The number of allylic oxidation sites excluding steroid dienone is 1. The van der Waals surface area contributed by atoms with Gasteiger partial charge in [-0.25, -0.2) is 0 Å². The first-order valence-electron chi connectivity index (χ1n) is 9.28. The quantitative estimate of drug-likeness (QED) is 0.669. The minimum Gasteiger partial charge on any atom is -0.343 e. The topological polar surface area (TPSA) is 40.7 Å². The highest BCUT2D eigenvalue weighted by Gasteiger charge is 2.24. The van der Waals surface area contributed by atoms with E-state index in [1.54, 1.807) is 0 Å². The van der Waals surface area contributed by atoms with E-state index < -0.39 is 0 Å². The maximum atomic E-state index is 4.42. The number of rotatable bonds is 7. The molecule has 1 aliphatic carbocycles. The lowest BCUT2D eigenvalue weighted by atomic mass is 9.98. The zero-order valence-corrected chi connectivity index (χ0v) is 15.4. The molecule has 0 saturated heterocycles. The minimum atomic E-state index is 0.633. The average molecular weight is 335 g/mol. The van der Waals surface area contributed by atoms with Gasteiger partial charge in [0, 0.05) is 23.4 Å². The molecule has 2 atom stereocenters. The summed E-state index contributed by atoms with van der Waals surface area (Å²) in [5.74, 6) is 2.34. The number of benzene rings is 1. The number of nitrogens with one attached hydrogen (secondary N) is 2. The Balaban J connectivity index is 1.56. The van der Waals surface area contributed by atoms with Crippen LogP contribution in [0.5, 0.6) is 0 Å². The molecule has 2 aromatic rings. The lowest BCUT2D eigenvalue weighted by molar-refractivity contribution is 0.591. The molecule has 2 N–H and O–H groups in total. The Hall–Kier alpha value is -2.29. The Morgan fingerprint density at radius 1 is 1.40 bits per heavy atom. The third-order valence-electron chi connectivity index (χ3n) is 5.35. The number of anilines is 1. The van der Waals surface area contributed by atoms with Crippen molar-refractivity contribution in [3.8, 4) is 0 Å². The first-order chi connectivity index (χ1) is 12.1. The Kier molecular flexibility index (Phi) is 5.42. The number of aromatic amines is 1. The average Bonchev–Trinajstić information content (AvgIpc) is 3.22. The van der Waals surface area contributed by atoms with Crippen LogP contribution in [0.3, 0.4) is 0 Å². The van der Waals surface area contributed by atoms with Gasteiger partial charge < -0.3 is 5.32 Å². The molecule has 1 aromatic heterocycles. The number of H-pyrrole nitrogens is 1. The third kappa shape index (κ3) is 4.22. The Morgan fingerprint density at radius 2 is 2.24 bits per heavy atom. The zero-order chi connectivity index (χ0) is 17.8. The van der Waals surface area contributed by atoms with Crippen LogP contribution in [0.15, 0.2) is 43.1 Å². The maximum Gasteiger partial charge on any atom is 0.152 e. The predicted octanol–water partition coefficient (Wildman–Crippen LogP) is 5.82. The van der Waals surface area contributed by atoms with Crippen LogP contribution >= 0.6 is 0 Å². The Bertz CT molecular complexity index is 756. The largest absolute Gasteiger partial charge is 0.343 e. The summed E-state index contributed by atoms with van der Waals surface area (Å²) in [6.45, 7) is 12.6. The molecule has 1 heterocycles. The molecule has 3 nitrogen and oxygen atoms in total. The van der Waals surface area contributed by atoms with Crippen molar-refractivity contribution in [2.75, 3.05) is 5.32 Å². The maximum absolute atomic E-state index is 4.42. The summed E-state index contributed by atoms with van der Waals surface area (Å²) in [6, 6.07) is 8.56. The molecular weight excluding hydrogens is 306 g/mol. The molecule has 1 saturated carbocycles. The van der Waals surface area contributed by atoms with E-state index in [2.05, 4.69) is 66.8 Å². The van der Waals surface area contributed by atoms with Gasteiger partial charge in [0.2, 0.25) is 0 Å². The molecule has 0 aliphatic heterocycles. The van der Waals surface area contributed by atoms with Crippen molar-refractivity contribution in [1.82, 2.24) is 10.2 Å². The zero-order valence-electron chi connectivity index (χ0n) is 15.4. The fourth-order valence-corrected chi connectivity index (χ4v) is 3.88. The van der Waals surface area contributed by atoms with Gasteiger partial charge in [0.05, 0.1) is 0 Å². The third-order valence-corrected chi connectivity index (χ3v) is 5.35. The van der Waals surface area contributed by atoms with Crippen molar-refractivity contribution in [2.45, 2.75) is 51.9 Å². The SMILES string of the molecule is C=Cc1c(C)cccc1CCC(=C)Nc1cc(C2CCC(C)C2)[nH]n1. The molecule has 3 heteroatoms. The van der Waals surface area contributed by atoms with Crippen LogP contribution in [0.2, 0.25) is 0 Å². The second-order valence-corrected chi connectivity index (χ2v) is 7.40. The predicted molar refractivity (Wildman–Crippen MR) is 107 cm³/mol. The van der Waals surface area contributed by atoms with Gasteiger partial charge in [-0.1, -0.05) is 50.8 Å². The molecule has 25 heavy (non-hydrogen) atoms. The van der Waals surface area contributed by atoms with Gasteiger partial charge in [0.1, 0.15) is 0 Å². The Labute approximate surface area is 151 Å². The van der Waals surface area contributed by atoms with Crippen molar-refractivity contribution >= 4 is 11.9 Å². The van der Waals surface area contributed by atoms with Crippen LogP contribution in [0, 0.1) is 12.8 Å². The summed E-state index contributed by atoms with van der Waals surface area (Å²) < 4.78 is 0. The van der Waals surface area contributed by atoms with Gasteiger partial charge >= 0.3 is 0 Å². The number of hydrogen-bond donors (Lipinski definition) is 2. The van der Waals surface area contributed by atoms with Gasteiger partial charge in [-0.05, 0) is 55.2 Å². The van der Waals surface area contributed by atoms with Gasteiger partial charge in [-0.3, -0.25) is 5.10 Å². The van der Waals surface area contributed by atoms with Crippen molar-refractivity contribution < 1.29 is 0 Å².